The number of benzene rings is 1. The average molecular weight is 513 g/mol. The van der Waals surface area contributed by atoms with Crippen molar-refractivity contribution in [2.24, 2.45) is 11.8 Å². The fourth-order valence-corrected chi connectivity index (χ4v) is 5.87. The van der Waals surface area contributed by atoms with Crippen LogP contribution in [-0.2, 0) is 41.4 Å². The summed E-state index contributed by atoms with van der Waals surface area (Å²) < 4.78 is 22.2. The highest BCUT2D eigenvalue weighted by Crippen LogP contribution is 2.51. The molecular formula is C30H40O7. The van der Waals surface area contributed by atoms with Crippen molar-refractivity contribution in [3.63, 3.8) is 0 Å². The number of ether oxygens (including phenoxy) is 4. The number of carbonyl (C=O) groups excluding carboxylic acids is 3. The number of rotatable bonds is 14. The van der Waals surface area contributed by atoms with Crippen LogP contribution < -0.4 is 4.74 Å². The zero-order valence-electron chi connectivity index (χ0n) is 22.2. The maximum Gasteiger partial charge on any atom is 0.343 e. The molecule has 7 nitrogen and oxygen atoms in total. The molecule has 0 aromatic heterocycles. The molecule has 7 heteroatoms. The molecule has 0 heterocycles. The van der Waals surface area contributed by atoms with Crippen LogP contribution in [0.2, 0.25) is 0 Å². The van der Waals surface area contributed by atoms with Gasteiger partial charge in [0.15, 0.2) is 6.61 Å². The normalized spacial score (nSPS) is 22.6. The zero-order chi connectivity index (χ0) is 26.8. The molecule has 1 fully saturated rings. The molecule has 3 rings (SSSR count). The maximum atomic E-state index is 12.4. The number of esters is 3. The molecule has 1 aromatic carbocycles. The van der Waals surface area contributed by atoms with Crippen LogP contribution >= 0.6 is 0 Å². The number of hydrogen-bond donors (Lipinski definition) is 0. The molecule has 2 aliphatic rings. The predicted octanol–water partition coefficient (Wildman–Crippen LogP) is 5.29. The molecule has 4 atom stereocenters. The SMILES string of the molecule is C=CC(=O)O[C@H](CCCCC)CC[C@]1(OC(=O)C=C)C[C@H]2Cc3cccc(OCC(=O)OC)c3C[C@H]2C1. The van der Waals surface area contributed by atoms with E-state index in [0.717, 1.165) is 56.9 Å². The second-order valence-corrected chi connectivity index (χ2v) is 10.2. The smallest absolute Gasteiger partial charge is 0.343 e. The van der Waals surface area contributed by atoms with Gasteiger partial charge in [-0.05, 0) is 80.4 Å². The molecule has 0 aliphatic heterocycles. The van der Waals surface area contributed by atoms with Crippen LogP contribution in [0.1, 0.15) is 69.4 Å². The van der Waals surface area contributed by atoms with Gasteiger partial charge in [0.1, 0.15) is 17.5 Å². The summed E-state index contributed by atoms with van der Waals surface area (Å²) in [6.45, 7) is 9.12. The van der Waals surface area contributed by atoms with Crippen LogP contribution in [-0.4, -0.2) is 43.3 Å². The minimum absolute atomic E-state index is 0.134. The van der Waals surface area contributed by atoms with Crippen molar-refractivity contribution in [2.75, 3.05) is 13.7 Å². The van der Waals surface area contributed by atoms with Gasteiger partial charge >= 0.3 is 17.9 Å². The van der Waals surface area contributed by atoms with Gasteiger partial charge in [-0.2, -0.15) is 0 Å². The summed E-state index contributed by atoms with van der Waals surface area (Å²) in [7, 11) is 1.34. The summed E-state index contributed by atoms with van der Waals surface area (Å²) in [5.41, 5.74) is 1.67. The number of carbonyl (C=O) groups is 3. The van der Waals surface area contributed by atoms with E-state index in [-0.39, 0.29) is 12.7 Å². The van der Waals surface area contributed by atoms with Crippen LogP contribution in [0.3, 0.4) is 0 Å². The molecule has 0 bridgehead atoms. The van der Waals surface area contributed by atoms with Crippen molar-refractivity contribution < 1.29 is 33.3 Å². The third kappa shape index (κ3) is 7.70. The topological polar surface area (TPSA) is 88.1 Å². The van der Waals surface area contributed by atoms with Gasteiger partial charge in [0.2, 0.25) is 0 Å². The summed E-state index contributed by atoms with van der Waals surface area (Å²) in [5, 5.41) is 0. The summed E-state index contributed by atoms with van der Waals surface area (Å²) in [4.78, 5) is 36.0. The van der Waals surface area contributed by atoms with Crippen molar-refractivity contribution in [1.82, 2.24) is 0 Å². The highest BCUT2D eigenvalue weighted by molar-refractivity contribution is 5.82. The van der Waals surface area contributed by atoms with E-state index < -0.39 is 23.5 Å². The lowest BCUT2D eigenvalue weighted by atomic mass is 9.77. The van der Waals surface area contributed by atoms with Gasteiger partial charge < -0.3 is 18.9 Å². The van der Waals surface area contributed by atoms with E-state index in [1.807, 2.05) is 12.1 Å². The van der Waals surface area contributed by atoms with Crippen LogP contribution in [0.15, 0.2) is 43.5 Å². The van der Waals surface area contributed by atoms with E-state index in [1.165, 1.54) is 24.8 Å². The van der Waals surface area contributed by atoms with Crippen LogP contribution in [0.5, 0.6) is 5.75 Å². The largest absolute Gasteiger partial charge is 0.482 e. The summed E-state index contributed by atoms with van der Waals surface area (Å²) >= 11 is 0. The van der Waals surface area contributed by atoms with Gasteiger partial charge in [-0.3, -0.25) is 0 Å². The first-order valence-electron chi connectivity index (χ1n) is 13.3. The number of fused-ring (bicyclic) bond motifs is 2. The Morgan fingerprint density at radius 1 is 1.05 bits per heavy atom. The second-order valence-electron chi connectivity index (χ2n) is 10.2. The molecule has 0 saturated heterocycles. The van der Waals surface area contributed by atoms with E-state index in [2.05, 4.69) is 26.1 Å². The van der Waals surface area contributed by atoms with Gasteiger partial charge in [-0.1, -0.05) is 45.1 Å². The third-order valence-corrected chi connectivity index (χ3v) is 7.67. The van der Waals surface area contributed by atoms with E-state index in [0.29, 0.717) is 30.4 Å². The molecule has 0 radical (unpaired) electrons. The summed E-state index contributed by atoms with van der Waals surface area (Å²) in [6, 6.07) is 5.93. The molecule has 2 aliphatic carbocycles. The molecule has 0 N–H and O–H groups in total. The van der Waals surface area contributed by atoms with Gasteiger partial charge in [0, 0.05) is 12.2 Å². The first-order valence-corrected chi connectivity index (χ1v) is 13.3. The Morgan fingerprint density at radius 2 is 1.78 bits per heavy atom. The van der Waals surface area contributed by atoms with E-state index >= 15 is 0 Å². The minimum Gasteiger partial charge on any atom is -0.482 e. The number of unbranched alkanes of at least 4 members (excludes halogenated alkanes) is 2. The van der Waals surface area contributed by atoms with Crippen molar-refractivity contribution in [3.8, 4) is 5.75 Å². The second kappa shape index (κ2) is 13.5. The van der Waals surface area contributed by atoms with E-state index in [9.17, 15) is 14.4 Å². The highest BCUT2D eigenvalue weighted by atomic mass is 16.6. The highest BCUT2D eigenvalue weighted by Gasteiger charge is 2.49. The van der Waals surface area contributed by atoms with Crippen molar-refractivity contribution in [1.29, 1.82) is 0 Å². The molecular weight excluding hydrogens is 472 g/mol. The molecule has 1 saturated carbocycles. The lowest BCUT2D eigenvalue weighted by Crippen LogP contribution is -2.34. The standard InChI is InChI=1S/C30H40O7/c1-5-8-9-12-24(36-27(31)6-2)14-15-30(37-28(32)7-3)18-22-16-21-11-10-13-26(35-20-29(33)34-4)25(21)17-23(22)19-30/h6-7,10-11,13,22-24H,2-3,5,8-9,12,14-20H2,1,4H3/t22-,23+,24-,30+/m1/s1. The van der Waals surface area contributed by atoms with Crippen molar-refractivity contribution in [2.45, 2.75) is 82.8 Å². The Morgan fingerprint density at radius 3 is 2.46 bits per heavy atom. The first kappa shape index (κ1) is 28.5. The van der Waals surface area contributed by atoms with Gasteiger partial charge in [0.25, 0.3) is 0 Å². The van der Waals surface area contributed by atoms with Crippen LogP contribution in [0.4, 0.5) is 0 Å². The zero-order valence-corrected chi connectivity index (χ0v) is 22.2. The van der Waals surface area contributed by atoms with Gasteiger partial charge in [0.05, 0.1) is 7.11 Å². The molecule has 1 aromatic rings. The average Bonchev–Trinajstić information content (AvgIpc) is 3.25. The molecule has 37 heavy (non-hydrogen) atoms. The summed E-state index contributed by atoms with van der Waals surface area (Å²) in [6.07, 6.45) is 10.4. The predicted molar refractivity (Wildman–Crippen MR) is 140 cm³/mol. The van der Waals surface area contributed by atoms with Crippen molar-refractivity contribution in [3.05, 3.63) is 54.6 Å². The van der Waals surface area contributed by atoms with Crippen LogP contribution in [0, 0.1) is 11.8 Å². The van der Waals surface area contributed by atoms with E-state index in [4.69, 9.17) is 18.9 Å². The fourth-order valence-electron chi connectivity index (χ4n) is 5.87. The molecule has 202 valence electrons. The quantitative estimate of drug-likeness (QED) is 0.145. The first-order chi connectivity index (χ1) is 17.8. The lowest BCUT2D eigenvalue weighted by molar-refractivity contribution is -0.157. The Bertz CT molecular complexity index is 984. The maximum absolute atomic E-state index is 12.4. The number of hydrogen-bond acceptors (Lipinski definition) is 7. The van der Waals surface area contributed by atoms with E-state index in [1.54, 1.807) is 0 Å². The third-order valence-electron chi connectivity index (χ3n) is 7.67. The lowest BCUT2D eigenvalue weighted by Gasteiger charge is -2.31. The minimum atomic E-state index is -0.640. The van der Waals surface area contributed by atoms with Gasteiger partial charge in [-0.15, -0.1) is 0 Å². The van der Waals surface area contributed by atoms with Crippen molar-refractivity contribution >= 4 is 17.9 Å². The Balaban J connectivity index is 1.75. The monoisotopic (exact) mass is 512 g/mol. The molecule has 0 unspecified atom stereocenters. The van der Waals surface area contributed by atoms with Crippen LogP contribution in [0.25, 0.3) is 0 Å². The Kier molecular flexibility index (Phi) is 10.4. The molecule has 0 spiro atoms. The fraction of sp³-hybridized carbons (Fsp3) is 0.567. The Hall–Kier alpha value is -3.09. The van der Waals surface area contributed by atoms with Gasteiger partial charge in [-0.25, -0.2) is 14.4 Å². The summed E-state index contributed by atoms with van der Waals surface area (Å²) in [5.74, 6) is 0.0949. The molecule has 0 amide bonds. The Labute approximate surface area is 220 Å². The number of methoxy groups -OCH3 is 1.